The highest BCUT2D eigenvalue weighted by atomic mass is 32.2. The summed E-state index contributed by atoms with van der Waals surface area (Å²) in [4.78, 5) is 43.1. The van der Waals surface area contributed by atoms with Crippen molar-refractivity contribution in [3.8, 4) is 11.5 Å². The molecule has 0 unspecified atom stereocenters. The predicted molar refractivity (Wildman–Crippen MR) is 157 cm³/mol. The lowest BCUT2D eigenvalue weighted by molar-refractivity contribution is -0.121. The molecule has 0 spiro atoms. The van der Waals surface area contributed by atoms with Crippen molar-refractivity contribution in [3.63, 3.8) is 0 Å². The van der Waals surface area contributed by atoms with Crippen LogP contribution < -0.4 is 25.7 Å². The van der Waals surface area contributed by atoms with Gasteiger partial charge in [0, 0.05) is 25.6 Å². The predicted octanol–water partition coefficient (Wildman–Crippen LogP) is 4.09. The van der Waals surface area contributed by atoms with Crippen LogP contribution in [0.25, 0.3) is 10.9 Å². The number of nitrogens with zero attached hydrogens (tertiary/aromatic N) is 2. The first-order valence-corrected chi connectivity index (χ1v) is 14.9. The summed E-state index contributed by atoms with van der Waals surface area (Å²) in [7, 11) is 3.19. The second-order valence-electron chi connectivity index (χ2n) is 9.95. The summed E-state index contributed by atoms with van der Waals surface area (Å²) in [5.41, 5.74) is 1.47. The van der Waals surface area contributed by atoms with Crippen molar-refractivity contribution < 1.29 is 19.1 Å². The number of benzene rings is 2. The first kappa shape index (κ1) is 29.5. The molecule has 9 nitrogen and oxygen atoms in total. The van der Waals surface area contributed by atoms with E-state index in [1.54, 1.807) is 30.9 Å². The van der Waals surface area contributed by atoms with Gasteiger partial charge in [-0.05, 0) is 55.5 Å². The Kier molecular flexibility index (Phi) is 10.9. The molecule has 1 aromatic heterocycles. The van der Waals surface area contributed by atoms with Crippen LogP contribution in [0.1, 0.15) is 50.5 Å². The summed E-state index contributed by atoms with van der Waals surface area (Å²) in [6.07, 6.45) is 6.97. The average Bonchev–Trinajstić information content (AvgIpc) is 2.97. The lowest BCUT2D eigenvalue weighted by Crippen LogP contribution is -2.37. The highest BCUT2D eigenvalue weighted by Crippen LogP contribution is 2.27. The fraction of sp³-hybridized carbons (Fsp3) is 0.467. The molecule has 1 aliphatic carbocycles. The lowest BCUT2D eigenvalue weighted by Gasteiger charge is -2.22. The third-order valence-corrected chi connectivity index (χ3v) is 8.08. The molecule has 4 rings (SSSR count). The smallest absolute Gasteiger partial charge is 0.262 e. The molecule has 0 aliphatic heterocycles. The van der Waals surface area contributed by atoms with Crippen molar-refractivity contribution in [2.24, 2.45) is 0 Å². The molecule has 1 heterocycles. The third kappa shape index (κ3) is 8.00. The topological polar surface area (TPSA) is 112 Å². The molecule has 214 valence electrons. The van der Waals surface area contributed by atoms with Crippen LogP contribution in [-0.4, -0.2) is 53.9 Å². The Morgan fingerprint density at radius 1 is 1.02 bits per heavy atom. The number of rotatable bonds is 13. The minimum absolute atomic E-state index is 0.0419. The van der Waals surface area contributed by atoms with Crippen LogP contribution >= 0.6 is 11.8 Å². The number of fused-ring (bicyclic) bond motifs is 1. The van der Waals surface area contributed by atoms with Gasteiger partial charge in [-0.2, -0.15) is 0 Å². The van der Waals surface area contributed by atoms with Crippen molar-refractivity contribution >= 4 is 34.5 Å². The van der Waals surface area contributed by atoms with Gasteiger partial charge in [0.2, 0.25) is 11.8 Å². The monoisotopic (exact) mass is 566 g/mol. The molecule has 0 atom stereocenters. The molecular formula is C30H38N4O5S. The Morgan fingerprint density at radius 3 is 2.58 bits per heavy atom. The summed E-state index contributed by atoms with van der Waals surface area (Å²) < 4.78 is 12.2. The van der Waals surface area contributed by atoms with Crippen LogP contribution in [0.15, 0.2) is 52.4 Å². The second-order valence-corrected chi connectivity index (χ2v) is 10.9. The number of methoxy groups -OCH3 is 2. The molecule has 2 amide bonds. The number of para-hydroxylation sites is 1. The Bertz CT molecular complexity index is 1370. The largest absolute Gasteiger partial charge is 0.493 e. The van der Waals surface area contributed by atoms with E-state index in [1.165, 1.54) is 18.2 Å². The zero-order chi connectivity index (χ0) is 28.3. The van der Waals surface area contributed by atoms with Crippen molar-refractivity contribution in [2.45, 2.75) is 69.1 Å². The Labute approximate surface area is 239 Å². The zero-order valence-corrected chi connectivity index (χ0v) is 24.1. The number of amides is 2. The van der Waals surface area contributed by atoms with Gasteiger partial charge in [-0.15, -0.1) is 0 Å². The summed E-state index contributed by atoms with van der Waals surface area (Å²) in [6, 6.07) is 13.1. The van der Waals surface area contributed by atoms with E-state index in [0.717, 1.165) is 31.2 Å². The molecule has 2 N–H and O–H groups in total. The van der Waals surface area contributed by atoms with Crippen LogP contribution in [0.5, 0.6) is 11.5 Å². The Hall–Kier alpha value is -3.53. The number of hydrogen-bond acceptors (Lipinski definition) is 7. The highest BCUT2D eigenvalue weighted by molar-refractivity contribution is 7.99. The van der Waals surface area contributed by atoms with Gasteiger partial charge in [0.1, 0.15) is 0 Å². The summed E-state index contributed by atoms with van der Waals surface area (Å²) in [6.45, 7) is 0.829. The maximum atomic E-state index is 13.3. The van der Waals surface area contributed by atoms with E-state index in [-0.39, 0.29) is 35.6 Å². The van der Waals surface area contributed by atoms with Gasteiger partial charge in [-0.25, -0.2) is 4.98 Å². The number of thioether (sulfide) groups is 1. The summed E-state index contributed by atoms with van der Waals surface area (Å²) in [5, 5.41) is 7.09. The quantitative estimate of drug-likeness (QED) is 0.237. The van der Waals surface area contributed by atoms with E-state index in [9.17, 15) is 14.4 Å². The molecule has 1 aliphatic rings. The van der Waals surface area contributed by atoms with Crippen LogP contribution in [-0.2, 0) is 22.6 Å². The Balaban J connectivity index is 1.32. The number of aromatic nitrogens is 2. The van der Waals surface area contributed by atoms with Gasteiger partial charge in [-0.1, -0.05) is 49.2 Å². The second kappa shape index (κ2) is 14.7. The van der Waals surface area contributed by atoms with Gasteiger partial charge in [0.25, 0.3) is 5.56 Å². The molecule has 40 heavy (non-hydrogen) atoms. The lowest BCUT2D eigenvalue weighted by atomic mass is 9.95. The first-order chi connectivity index (χ1) is 19.5. The Morgan fingerprint density at radius 2 is 1.80 bits per heavy atom. The van der Waals surface area contributed by atoms with E-state index in [2.05, 4.69) is 15.6 Å². The van der Waals surface area contributed by atoms with E-state index >= 15 is 0 Å². The van der Waals surface area contributed by atoms with Crippen LogP contribution in [0.4, 0.5) is 0 Å². The molecule has 0 radical (unpaired) electrons. The summed E-state index contributed by atoms with van der Waals surface area (Å²) in [5.74, 6) is 1.39. The first-order valence-electron chi connectivity index (χ1n) is 13.9. The average molecular weight is 567 g/mol. The molecule has 10 heteroatoms. The maximum Gasteiger partial charge on any atom is 0.262 e. The standard InChI is InChI=1S/C30H38N4O5S/c1-38-25-15-14-21(19-26(25)39-2)16-17-31-27(35)13-8-18-34-29(37)23-11-6-7-12-24(23)33-30(34)40-20-28(36)32-22-9-4-3-5-10-22/h6-7,11-12,14-15,19,22H,3-5,8-10,13,16-18,20H2,1-2H3,(H,31,35)(H,32,36). The number of ether oxygens (including phenoxy) is 2. The van der Waals surface area contributed by atoms with Gasteiger partial charge < -0.3 is 20.1 Å². The molecule has 2 aromatic carbocycles. The van der Waals surface area contributed by atoms with E-state index in [1.807, 2.05) is 30.3 Å². The highest BCUT2D eigenvalue weighted by Gasteiger charge is 2.18. The van der Waals surface area contributed by atoms with Crippen molar-refractivity contribution in [2.75, 3.05) is 26.5 Å². The number of carbonyl (C=O) groups is 2. The fourth-order valence-electron chi connectivity index (χ4n) is 4.97. The molecule has 0 bridgehead atoms. The van der Waals surface area contributed by atoms with Gasteiger partial charge >= 0.3 is 0 Å². The van der Waals surface area contributed by atoms with Crippen LogP contribution in [0.2, 0.25) is 0 Å². The zero-order valence-electron chi connectivity index (χ0n) is 23.2. The van der Waals surface area contributed by atoms with Gasteiger partial charge in [0.15, 0.2) is 16.7 Å². The van der Waals surface area contributed by atoms with Crippen molar-refractivity contribution in [1.82, 2.24) is 20.2 Å². The van der Waals surface area contributed by atoms with Crippen LogP contribution in [0.3, 0.4) is 0 Å². The van der Waals surface area contributed by atoms with Gasteiger partial charge in [0.05, 0.1) is 30.9 Å². The molecular weight excluding hydrogens is 528 g/mol. The maximum absolute atomic E-state index is 13.3. The minimum Gasteiger partial charge on any atom is -0.493 e. The normalized spacial score (nSPS) is 13.7. The van der Waals surface area contributed by atoms with E-state index < -0.39 is 0 Å². The fourth-order valence-corrected chi connectivity index (χ4v) is 5.81. The van der Waals surface area contributed by atoms with Crippen molar-refractivity contribution in [1.29, 1.82) is 0 Å². The number of hydrogen-bond donors (Lipinski definition) is 2. The van der Waals surface area contributed by atoms with Crippen molar-refractivity contribution in [3.05, 3.63) is 58.4 Å². The van der Waals surface area contributed by atoms with E-state index in [4.69, 9.17) is 9.47 Å². The van der Waals surface area contributed by atoms with Gasteiger partial charge in [-0.3, -0.25) is 19.0 Å². The number of carbonyl (C=O) groups excluding carboxylic acids is 2. The molecule has 3 aromatic rings. The third-order valence-electron chi connectivity index (χ3n) is 7.10. The number of nitrogens with one attached hydrogen (secondary N) is 2. The minimum atomic E-state index is -0.158. The molecule has 0 saturated heterocycles. The molecule has 1 saturated carbocycles. The summed E-state index contributed by atoms with van der Waals surface area (Å²) >= 11 is 1.27. The SMILES string of the molecule is COc1ccc(CCNC(=O)CCCn2c(SCC(=O)NC3CCCCC3)nc3ccccc3c2=O)cc1OC. The van der Waals surface area contributed by atoms with Crippen LogP contribution in [0, 0.1) is 0 Å². The van der Waals surface area contributed by atoms with E-state index in [0.29, 0.717) is 53.5 Å². The molecule has 1 fully saturated rings.